The minimum absolute atomic E-state index is 0.288. The van der Waals surface area contributed by atoms with Gasteiger partial charge in [0.05, 0.1) is 6.61 Å². The highest BCUT2D eigenvalue weighted by Crippen LogP contribution is 2.21. The van der Waals surface area contributed by atoms with Crippen LogP contribution < -0.4 is 11.1 Å². The van der Waals surface area contributed by atoms with Crippen LogP contribution >= 0.6 is 23.2 Å². The van der Waals surface area contributed by atoms with Crippen LogP contribution in [-0.2, 0) is 11.2 Å². The standard InChI is InChI=1S/C14H16Cl2N4O/c15-5-6-21-9-19-14-18-8-11(13(17)20-14)7-10-3-1-2-4-12(10)16/h1-4,8H,5-7,9H2,(H3,17,18,19,20). The van der Waals surface area contributed by atoms with E-state index in [-0.39, 0.29) is 6.73 Å². The summed E-state index contributed by atoms with van der Waals surface area (Å²) in [5.41, 5.74) is 7.77. The molecular formula is C14H16Cl2N4O. The van der Waals surface area contributed by atoms with Crippen LogP contribution in [0.3, 0.4) is 0 Å². The number of nitrogens with two attached hydrogens (primary N) is 1. The number of hydrogen-bond donors (Lipinski definition) is 2. The third-order valence-electron chi connectivity index (χ3n) is 2.79. The lowest BCUT2D eigenvalue weighted by Gasteiger charge is -2.09. The Bertz CT molecular complexity index is 595. The molecule has 0 atom stereocenters. The van der Waals surface area contributed by atoms with Crippen molar-refractivity contribution in [2.75, 3.05) is 30.3 Å². The predicted molar refractivity (Wildman–Crippen MR) is 85.9 cm³/mol. The number of ether oxygens (including phenoxy) is 1. The molecule has 1 aromatic heterocycles. The van der Waals surface area contributed by atoms with Gasteiger partial charge in [-0.3, -0.25) is 0 Å². The Morgan fingerprint density at radius 3 is 2.76 bits per heavy atom. The minimum atomic E-state index is 0.288. The molecule has 0 aliphatic heterocycles. The summed E-state index contributed by atoms with van der Waals surface area (Å²) in [6, 6.07) is 7.62. The van der Waals surface area contributed by atoms with Crippen LogP contribution in [0.2, 0.25) is 5.02 Å². The number of rotatable bonds is 7. The number of nitrogens with zero attached hydrogens (tertiary/aromatic N) is 2. The topological polar surface area (TPSA) is 73.1 Å². The van der Waals surface area contributed by atoms with Crippen LogP contribution in [0.5, 0.6) is 0 Å². The van der Waals surface area contributed by atoms with E-state index in [0.29, 0.717) is 35.7 Å². The smallest absolute Gasteiger partial charge is 0.226 e. The van der Waals surface area contributed by atoms with Gasteiger partial charge in [-0.2, -0.15) is 4.98 Å². The maximum absolute atomic E-state index is 6.13. The fourth-order valence-corrected chi connectivity index (χ4v) is 2.04. The monoisotopic (exact) mass is 326 g/mol. The number of anilines is 2. The van der Waals surface area contributed by atoms with Crippen LogP contribution in [-0.4, -0.2) is 29.2 Å². The molecule has 7 heteroatoms. The van der Waals surface area contributed by atoms with Gasteiger partial charge in [-0.05, 0) is 11.6 Å². The molecule has 0 saturated heterocycles. The summed E-state index contributed by atoms with van der Waals surface area (Å²) in [6.07, 6.45) is 2.28. The second-order valence-electron chi connectivity index (χ2n) is 4.29. The molecule has 0 saturated carbocycles. The summed E-state index contributed by atoms with van der Waals surface area (Å²) >= 11 is 11.6. The van der Waals surface area contributed by atoms with Gasteiger partial charge in [-0.1, -0.05) is 29.8 Å². The number of halogens is 2. The van der Waals surface area contributed by atoms with Crippen LogP contribution in [0.25, 0.3) is 0 Å². The second-order valence-corrected chi connectivity index (χ2v) is 5.08. The average Bonchev–Trinajstić information content (AvgIpc) is 2.48. The van der Waals surface area contributed by atoms with E-state index in [1.165, 1.54) is 0 Å². The highest BCUT2D eigenvalue weighted by Gasteiger charge is 2.07. The highest BCUT2D eigenvalue weighted by molar-refractivity contribution is 6.31. The fraction of sp³-hybridized carbons (Fsp3) is 0.286. The van der Waals surface area contributed by atoms with Crippen molar-refractivity contribution in [1.29, 1.82) is 0 Å². The first kappa shape index (κ1) is 15.8. The van der Waals surface area contributed by atoms with E-state index in [0.717, 1.165) is 11.1 Å². The first-order chi connectivity index (χ1) is 10.2. The van der Waals surface area contributed by atoms with E-state index in [1.807, 2.05) is 24.3 Å². The third kappa shape index (κ3) is 4.74. The van der Waals surface area contributed by atoms with Gasteiger partial charge in [0.2, 0.25) is 5.95 Å². The number of aromatic nitrogens is 2. The molecule has 0 unspecified atom stereocenters. The van der Waals surface area contributed by atoms with Crippen LogP contribution in [0, 0.1) is 0 Å². The zero-order valence-electron chi connectivity index (χ0n) is 11.4. The minimum Gasteiger partial charge on any atom is -0.383 e. The van der Waals surface area contributed by atoms with Gasteiger partial charge in [0.15, 0.2) is 0 Å². The van der Waals surface area contributed by atoms with Crippen molar-refractivity contribution < 1.29 is 4.74 Å². The Kier molecular flexibility index (Phi) is 6.04. The van der Waals surface area contributed by atoms with Crippen molar-refractivity contribution >= 4 is 35.0 Å². The molecule has 3 N–H and O–H groups in total. The molecule has 2 aromatic rings. The maximum atomic E-state index is 6.13. The van der Waals surface area contributed by atoms with Crippen LogP contribution in [0.1, 0.15) is 11.1 Å². The van der Waals surface area contributed by atoms with Crippen molar-refractivity contribution in [3.63, 3.8) is 0 Å². The van der Waals surface area contributed by atoms with Crippen molar-refractivity contribution in [2.45, 2.75) is 6.42 Å². The van der Waals surface area contributed by atoms with Crippen molar-refractivity contribution in [3.8, 4) is 0 Å². The highest BCUT2D eigenvalue weighted by atomic mass is 35.5. The first-order valence-corrected chi connectivity index (χ1v) is 7.34. The Morgan fingerprint density at radius 1 is 1.24 bits per heavy atom. The van der Waals surface area contributed by atoms with Gasteiger partial charge in [0.1, 0.15) is 12.5 Å². The van der Waals surface area contributed by atoms with E-state index in [1.54, 1.807) is 6.20 Å². The SMILES string of the molecule is Nc1nc(NCOCCCl)ncc1Cc1ccccc1Cl. The predicted octanol–water partition coefficient (Wildman–Crippen LogP) is 2.93. The van der Waals surface area contributed by atoms with E-state index >= 15 is 0 Å². The Morgan fingerprint density at radius 2 is 2.05 bits per heavy atom. The van der Waals surface area contributed by atoms with Gasteiger partial charge in [0.25, 0.3) is 0 Å². The lowest BCUT2D eigenvalue weighted by atomic mass is 10.1. The molecule has 0 amide bonds. The maximum Gasteiger partial charge on any atom is 0.226 e. The zero-order chi connectivity index (χ0) is 15.1. The van der Waals surface area contributed by atoms with E-state index in [4.69, 9.17) is 33.7 Å². The molecule has 0 aliphatic rings. The van der Waals surface area contributed by atoms with E-state index < -0.39 is 0 Å². The van der Waals surface area contributed by atoms with Gasteiger partial charge in [-0.15, -0.1) is 11.6 Å². The average molecular weight is 327 g/mol. The third-order valence-corrected chi connectivity index (χ3v) is 3.31. The van der Waals surface area contributed by atoms with Gasteiger partial charge >= 0.3 is 0 Å². The first-order valence-electron chi connectivity index (χ1n) is 6.43. The molecule has 0 fully saturated rings. The Hall–Kier alpha value is -1.56. The number of alkyl halides is 1. The Balaban J connectivity index is 2.01. The molecule has 112 valence electrons. The van der Waals surface area contributed by atoms with Gasteiger partial charge < -0.3 is 15.8 Å². The number of nitrogens with one attached hydrogen (secondary N) is 1. The van der Waals surface area contributed by atoms with Gasteiger partial charge in [0, 0.05) is 29.1 Å². The summed E-state index contributed by atoms with van der Waals surface area (Å²) in [5, 5.41) is 3.62. The molecule has 0 spiro atoms. The fourth-order valence-electron chi connectivity index (χ4n) is 1.73. The zero-order valence-corrected chi connectivity index (χ0v) is 12.9. The lowest BCUT2D eigenvalue weighted by molar-refractivity contribution is 0.168. The summed E-state index contributed by atoms with van der Waals surface area (Å²) in [6.45, 7) is 0.755. The molecule has 21 heavy (non-hydrogen) atoms. The molecule has 0 bridgehead atoms. The molecule has 2 rings (SSSR count). The quantitative estimate of drug-likeness (QED) is 0.465. The van der Waals surface area contributed by atoms with E-state index in [2.05, 4.69) is 15.3 Å². The number of benzene rings is 1. The summed E-state index contributed by atoms with van der Waals surface area (Å²) < 4.78 is 5.19. The lowest BCUT2D eigenvalue weighted by Crippen LogP contribution is -2.12. The largest absolute Gasteiger partial charge is 0.383 e. The van der Waals surface area contributed by atoms with Crippen molar-refractivity contribution in [2.24, 2.45) is 0 Å². The molecule has 0 radical (unpaired) electrons. The summed E-state index contributed by atoms with van der Waals surface area (Å²) in [5.74, 6) is 1.29. The summed E-state index contributed by atoms with van der Waals surface area (Å²) in [7, 11) is 0. The van der Waals surface area contributed by atoms with Crippen molar-refractivity contribution in [3.05, 3.63) is 46.6 Å². The molecule has 0 aliphatic carbocycles. The second kappa shape index (κ2) is 8.02. The normalized spacial score (nSPS) is 10.6. The number of nitrogen functional groups attached to an aromatic ring is 1. The van der Waals surface area contributed by atoms with Crippen LogP contribution in [0.15, 0.2) is 30.5 Å². The summed E-state index contributed by atoms with van der Waals surface area (Å²) in [4.78, 5) is 8.40. The molecular weight excluding hydrogens is 311 g/mol. The van der Waals surface area contributed by atoms with E-state index in [9.17, 15) is 0 Å². The molecule has 1 aromatic carbocycles. The number of hydrogen-bond acceptors (Lipinski definition) is 5. The van der Waals surface area contributed by atoms with Crippen LogP contribution in [0.4, 0.5) is 11.8 Å². The Labute approximate surface area is 133 Å². The molecule has 5 nitrogen and oxygen atoms in total. The molecule has 1 heterocycles. The van der Waals surface area contributed by atoms with Gasteiger partial charge in [-0.25, -0.2) is 4.98 Å². The van der Waals surface area contributed by atoms with Crippen molar-refractivity contribution in [1.82, 2.24) is 9.97 Å².